The molecule has 0 aliphatic carbocycles. The average molecular weight is 320 g/mol. The SMILES string of the molecule is COc1ccc(S(=O)(=O)N2CCC(C(=O)O)C2)cc1Cl. The third-order valence-electron chi connectivity index (χ3n) is 3.26. The van der Waals surface area contributed by atoms with Gasteiger partial charge in [-0.1, -0.05) is 11.6 Å². The van der Waals surface area contributed by atoms with Gasteiger partial charge in [0.25, 0.3) is 0 Å². The molecule has 110 valence electrons. The molecule has 1 fully saturated rings. The molecule has 8 heteroatoms. The Bertz CT molecular complexity index is 631. The first-order valence-corrected chi connectivity index (χ1v) is 7.74. The van der Waals surface area contributed by atoms with Gasteiger partial charge in [-0.05, 0) is 24.6 Å². The number of carboxylic acid groups (broad SMARTS) is 1. The van der Waals surface area contributed by atoms with Crippen LogP contribution in [0.5, 0.6) is 5.75 Å². The molecule has 0 aromatic heterocycles. The second kappa shape index (κ2) is 5.59. The molecular formula is C12H14ClNO5S. The van der Waals surface area contributed by atoms with Crippen molar-refractivity contribution in [1.29, 1.82) is 0 Å². The second-order valence-corrected chi connectivity index (χ2v) is 6.83. The monoisotopic (exact) mass is 319 g/mol. The van der Waals surface area contributed by atoms with Crippen molar-refractivity contribution in [2.75, 3.05) is 20.2 Å². The number of carboxylic acids is 1. The number of ether oxygens (including phenoxy) is 1. The number of aliphatic carboxylic acids is 1. The molecule has 1 aromatic carbocycles. The van der Waals surface area contributed by atoms with Crippen molar-refractivity contribution in [3.63, 3.8) is 0 Å². The number of carbonyl (C=O) groups is 1. The lowest BCUT2D eigenvalue weighted by atomic mass is 10.1. The number of benzene rings is 1. The van der Waals surface area contributed by atoms with E-state index in [0.717, 1.165) is 0 Å². The summed E-state index contributed by atoms with van der Waals surface area (Å²) in [6.45, 7) is 0.185. The van der Waals surface area contributed by atoms with Crippen molar-refractivity contribution in [3.8, 4) is 5.75 Å². The number of hydrogen-bond acceptors (Lipinski definition) is 4. The van der Waals surface area contributed by atoms with E-state index in [2.05, 4.69) is 0 Å². The number of hydrogen-bond donors (Lipinski definition) is 1. The normalized spacial score (nSPS) is 20.0. The van der Waals surface area contributed by atoms with Crippen LogP contribution >= 0.6 is 11.6 Å². The van der Waals surface area contributed by atoms with E-state index >= 15 is 0 Å². The summed E-state index contributed by atoms with van der Waals surface area (Å²) < 4.78 is 30.9. The van der Waals surface area contributed by atoms with Crippen LogP contribution in [0.3, 0.4) is 0 Å². The summed E-state index contributed by atoms with van der Waals surface area (Å²) in [5, 5.41) is 9.12. The first-order valence-electron chi connectivity index (χ1n) is 5.92. The highest BCUT2D eigenvalue weighted by Crippen LogP contribution is 2.30. The molecule has 20 heavy (non-hydrogen) atoms. The maximum Gasteiger partial charge on any atom is 0.307 e. The molecule has 6 nitrogen and oxygen atoms in total. The second-order valence-electron chi connectivity index (χ2n) is 4.48. The third kappa shape index (κ3) is 2.74. The topological polar surface area (TPSA) is 83.9 Å². The third-order valence-corrected chi connectivity index (χ3v) is 5.42. The minimum absolute atomic E-state index is 0.0126. The minimum atomic E-state index is -3.72. The number of nitrogens with zero attached hydrogens (tertiary/aromatic N) is 1. The first kappa shape index (κ1) is 15.1. The summed E-state index contributed by atoms with van der Waals surface area (Å²) in [4.78, 5) is 10.9. The predicted molar refractivity (Wildman–Crippen MR) is 72.5 cm³/mol. The zero-order valence-corrected chi connectivity index (χ0v) is 12.3. The van der Waals surface area contributed by atoms with Crippen LogP contribution in [0.4, 0.5) is 0 Å². The van der Waals surface area contributed by atoms with Crippen molar-refractivity contribution < 1.29 is 23.1 Å². The van der Waals surface area contributed by atoms with E-state index < -0.39 is 21.9 Å². The van der Waals surface area contributed by atoms with Crippen LogP contribution in [-0.2, 0) is 14.8 Å². The van der Waals surface area contributed by atoms with Crippen molar-refractivity contribution in [2.45, 2.75) is 11.3 Å². The summed E-state index contributed by atoms with van der Waals surface area (Å²) in [5.41, 5.74) is 0. The molecule has 0 amide bonds. The van der Waals surface area contributed by atoms with Crippen LogP contribution in [0, 0.1) is 5.92 Å². The van der Waals surface area contributed by atoms with Crippen LogP contribution < -0.4 is 4.74 Å². The number of sulfonamides is 1. The highest BCUT2D eigenvalue weighted by molar-refractivity contribution is 7.89. The number of halogens is 1. The minimum Gasteiger partial charge on any atom is -0.495 e. The highest BCUT2D eigenvalue weighted by Gasteiger charge is 2.35. The quantitative estimate of drug-likeness (QED) is 0.908. The van der Waals surface area contributed by atoms with Gasteiger partial charge in [0.05, 0.1) is 22.9 Å². The fourth-order valence-corrected chi connectivity index (χ4v) is 3.95. The Morgan fingerprint density at radius 2 is 2.20 bits per heavy atom. The standard InChI is InChI=1S/C12H14ClNO5S/c1-19-11-3-2-9(6-10(11)13)20(17,18)14-5-4-8(7-14)12(15)16/h2-3,6,8H,4-5,7H2,1H3,(H,15,16). The highest BCUT2D eigenvalue weighted by atomic mass is 35.5. The molecule has 0 spiro atoms. The van der Waals surface area contributed by atoms with Crippen LogP contribution in [-0.4, -0.2) is 44.0 Å². The Balaban J connectivity index is 2.27. The van der Waals surface area contributed by atoms with Crippen LogP contribution in [0.2, 0.25) is 5.02 Å². The number of methoxy groups -OCH3 is 1. The molecule has 0 bridgehead atoms. The van der Waals surface area contributed by atoms with Crippen molar-refractivity contribution in [3.05, 3.63) is 23.2 Å². The Morgan fingerprint density at radius 1 is 1.50 bits per heavy atom. The van der Waals surface area contributed by atoms with E-state index in [9.17, 15) is 13.2 Å². The van der Waals surface area contributed by atoms with E-state index in [1.807, 2.05) is 0 Å². The first-order chi connectivity index (χ1) is 9.36. The predicted octanol–water partition coefficient (Wildman–Crippen LogP) is 1.44. The van der Waals surface area contributed by atoms with E-state index in [0.29, 0.717) is 12.2 Å². The van der Waals surface area contributed by atoms with Crippen molar-refractivity contribution in [1.82, 2.24) is 4.31 Å². The fraction of sp³-hybridized carbons (Fsp3) is 0.417. The van der Waals surface area contributed by atoms with Gasteiger partial charge in [-0.25, -0.2) is 8.42 Å². The van der Waals surface area contributed by atoms with Gasteiger partial charge in [-0.2, -0.15) is 4.31 Å². The molecule has 1 N–H and O–H groups in total. The van der Waals surface area contributed by atoms with E-state index in [4.69, 9.17) is 21.4 Å². The van der Waals surface area contributed by atoms with Gasteiger partial charge in [-0.3, -0.25) is 4.79 Å². The molecular weight excluding hydrogens is 306 g/mol. The molecule has 1 aliphatic heterocycles. The van der Waals surface area contributed by atoms with Crippen molar-refractivity contribution in [2.24, 2.45) is 5.92 Å². The summed E-state index contributed by atoms with van der Waals surface area (Å²) in [5.74, 6) is -1.25. The molecule has 1 aromatic rings. The van der Waals surface area contributed by atoms with Crippen LogP contribution in [0.25, 0.3) is 0 Å². The van der Waals surface area contributed by atoms with E-state index in [1.165, 1.54) is 29.6 Å². The molecule has 1 saturated heterocycles. The largest absolute Gasteiger partial charge is 0.495 e. The lowest BCUT2D eigenvalue weighted by Gasteiger charge is -2.16. The van der Waals surface area contributed by atoms with E-state index in [-0.39, 0.29) is 23.0 Å². The van der Waals surface area contributed by atoms with Gasteiger partial charge in [0.2, 0.25) is 10.0 Å². The number of rotatable bonds is 4. The lowest BCUT2D eigenvalue weighted by molar-refractivity contribution is -0.141. The smallest absolute Gasteiger partial charge is 0.307 e. The maximum absolute atomic E-state index is 12.4. The van der Waals surface area contributed by atoms with Crippen molar-refractivity contribution >= 4 is 27.6 Å². The van der Waals surface area contributed by atoms with Gasteiger partial charge < -0.3 is 9.84 Å². The maximum atomic E-state index is 12.4. The molecule has 1 aliphatic rings. The summed E-state index contributed by atoms with van der Waals surface area (Å²) in [7, 11) is -2.28. The van der Waals surface area contributed by atoms with Gasteiger partial charge in [0, 0.05) is 13.1 Å². The van der Waals surface area contributed by atoms with Gasteiger partial charge >= 0.3 is 5.97 Å². The van der Waals surface area contributed by atoms with Crippen LogP contribution in [0.1, 0.15) is 6.42 Å². The van der Waals surface area contributed by atoms with Crippen LogP contribution in [0.15, 0.2) is 23.1 Å². The Kier molecular flexibility index (Phi) is 4.22. The summed E-state index contributed by atoms with van der Waals surface area (Å²) >= 11 is 5.92. The summed E-state index contributed by atoms with van der Waals surface area (Å²) in [6, 6.07) is 4.18. The molecule has 0 radical (unpaired) electrons. The van der Waals surface area contributed by atoms with E-state index in [1.54, 1.807) is 0 Å². The lowest BCUT2D eigenvalue weighted by Crippen LogP contribution is -2.30. The van der Waals surface area contributed by atoms with Gasteiger partial charge in [-0.15, -0.1) is 0 Å². The Hall–Kier alpha value is -1.31. The average Bonchev–Trinajstić information content (AvgIpc) is 2.89. The summed E-state index contributed by atoms with van der Waals surface area (Å²) in [6.07, 6.45) is 0.318. The zero-order valence-electron chi connectivity index (χ0n) is 10.7. The molecule has 2 rings (SSSR count). The Labute approximate surface area is 122 Å². The van der Waals surface area contributed by atoms with Gasteiger partial charge in [0.15, 0.2) is 0 Å². The fourth-order valence-electron chi connectivity index (χ4n) is 2.10. The zero-order chi connectivity index (χ0) is 14.9. The molecule has 1 atom stereocenters. The molecule has 1 heterocycles. The van der Waals surface area contributed by atoms with Gasteiger partial charge in [0.1, 0.15) is 5.75 Å². The Morgan fingerprint density at radius 3 is 2.70 bits per heavy atom. The molecule has 0 saturated carbocycles. The molecule has 1 unspecified atom stereocenters.